The zero-order valence-electron chi connectivity index (χ0n) is 13.9. The molecule has 3 rings (SSSR count). The topological polar surface area (TPSA) is 87.2 Å². The van der Waals surface area contributed by atoms with Crippen LogP contribution in [0.4, 0.5) is 11.8 Å². The summed E-state index contributed by atoms with van der Waals surface area (Å²) in [5, 5.41) is 4.79. The summed E-state index contributed by atoms with van der Waals surface area (Å²) in [7, 11) is 4.96. The Kier molecular flexibility index (Phi) is 4.78. The number of fused-ring (bicyclic) bond motifs is 1. The van der Waals surface area contributed by atoms with Crippen molar-refractivity contribution in [3.8, 4) is 11.5 Å². The van der Waals surface area contributed by atoms with Gasteiger partial charge in [-0.15, -0.1) is 0 Å². The van der Waals surface area contributed by atoms with Crippen LogP contribution in [0.25, 0.3) is 10.9 Å². The number of hydrogen-bond donors (Lipinski definition) is 2. The van der Waals surface area contributed by atoms with Gasteiger partial charge in [-0.1, -0.05) is 23.2 Å². The Labute approximate surface area is 154 Å². The molecule has 0 aliphatic rings. The number of ether oxygens (including phenoxy) is 2. The third-order valence-electron chi connectivity index (χ3n) is 3.87. The Hall–Kier alpha value is -2.38. The van der Waals surface area contributed by atoms with E-state index in [2.05, 4.69) is 15.3 Å². The molecule has 0 spiro atoms. The highest BCUT2D eigenvalue weighted by atomic mass is 35.5. The summed E-state index contributed by atoms with van der Waals surface area (Å²) in [6.45, 7) is 0.446. The molecule has 0 amide bonds. The van der Waals surface area contributed by atoms with Gasteiger partial charge in [-0.2, -0.15) is 4.98 Å². The number of nitrogens with two attached hydrogens (primary N) is 1. The second-order valence-electron chi connectivity index (χ2n) is 5.34. The molecular formula is C16H17Cl2N5O2. The van der Waals surface area contributed by atoms with E-state index in [-0.39, 0.29) is 0 Å². The molecule has 0 fully saturated rings. The first kappa shape index (κ1) is 17.4. The molecule has 0 aliphatic carbocycles. The molecule has 2 heterocycles. The lowest BCUT2D eigenvalue weighted by Gasteiger charge is -2.12. The number of nitrogens with one attached hydrogen (secondary N) is 1. The molecule has 1 aromatic carbocycles. The van der Waals surface area contributed by atoms with Crippen molar-refractivity contribution in [1.29, 1.82) is 0 Å². The van der Waals surface area contributed by atoms with Crippen molar-refractivity contribution in [2.75, 3.05) is 25.3 Å². The molecule has 9 heteroatoms. The van der Waals surface area contributed by atoms with E-state index in [4.69, 9.17) is 38.4 Å². The van der Waals surface area contributed by atoms with Crippen LogP contribution < -0.4 is 20.5 Å². The zero-order valence-corrected chi connectivity index (χ0v) is 15.4. The van der Waals surface area contributed by atoms with Crippen LogP contribution in [0.2, 0.25) is 10.2 Å². The number of methoxy groups -OCH3 is 2. The van der Waals surface area contributed by atoms with Gasteiger partial charge in [0.05, 0.1) is 31.3 Å². The molecule has 0 saturated heterocycles. The maximum absolute atomic E-state index is 6.07. The second kappa shape index (κ2) is 6.85. The number of hydrogen-bond acceptors (Lipinski definition) is 6. The maximum atomic E-state index is 6.07. The van der Waals surface area contributed by atoms with Crippen molar-refractivity contribution in [2.45, 2.75) is 6.54 Å². The molecule has 132 valence electrons. The predicted molar refractivity (Wildman–Crippen MR) is 99.8 cm³/mol. The lowest BCUT2D eigenvalue weighted by molar-refractivity contribution is 0.356. The molecule has 0 saturated carbocycles. The summed E-state index contributed by atoms with van der Waals surface area (Å²) in [5.41, 5.74) is 7.61. The van der Waals surface area contributed by atoms with Gasteiger partial charge in [-0.3, -0.25) is 0 Å². The molecule has 0 aliphatic heterocycles. The van der Waals surface area contributed by atoms with Gasteiger partial charge in [0.1, 0.15) is 11.0 Å². The number of aromatic nitrogens is 3. The van der Waals surface area contributed by atoms with Gasteiger partial charge in [0.15, 0.2) is 11.5 Å². The number of benzene rings is 1. The van der Waals surface area contributed by atoms with Gasteiger partial charge in [0.25, 0.3) is 0 Å². The number of rotatable bonds is 5. The van der Waals surface area contributed by atoms with Crippen molar-refractivity contribution < 1.29 is 9.47 Å². The van der Waals surface area contributed by atoms with E-state index in [1.807, 2.05) is 7.05 Å². The number of nitrogen functional groups attached to an aromatic ring is 1. The smallest absolute Gasteiger partial charge is 0.225 e. The number of halogens is 2. The first-order chi connectivity index (χ1) is 11.9. The lowest BCUT2D eigenvalue weighted by atomic mass is 10.2. The van der Waals surface area contributed by atoms with Gasteiger partial charge in [-0.05, 0) is 12.1 Å². The van der Waals surface area contributed by atoms with Crippen LogP contribution in [0.1, 0.15) is 5.69 Å². The van der Waals surface area contributed by atoms with E-state index in [1.54, 1.807) is 37.0 Å². The van der Waals surface area contributed by atoms with Crippen LogP contribution in [0.3, 0.4) is 0 Å². The third-order valence-corrected chi connectivity index (χ3v) is 4.72. The summed E-state index contributed by atoms with van der Waals surface area (Å²) >= 11 is 12.1. The minimum atomic E-state index is 0.344. The van der Waals surface area contributed by atoms with E-state index in [1.165, 1.54) is 0 Å². The van der Waals surface area contributed by atoms with Gasteiger partial charge in [0.2, 0.25) is 5.95 Å². The standard InChI is InChI=1S/C16H17Cl2N5O2/c1-23-8(4-10(17)14(23)18)7-20-16-21-11-6-13(25-3)12(24-2)5-9(11)15(19)22-16/h4-6H,7H2,1-3H3,(H3,19,20,21,22). The fourth-order valence-electron chi connectivity index (χ4n) is 2.49. The highest BCUT2D eigenvalue weighted by molar-refractivity contribution is 6.41. The summed E-state index contributed by atoms with van der Waals surface area (Å²) in [4.78, 5) is 8.77. The summed E-state index contributed by atoms with van der Waals surface area (Å²) in [5.74, 6) is 1.88. The molecule has 3 N–H and O–H groups in total. The van der Waals surface area contributed by atoms with E-state index in [9.17, 15) is 0 Å². The Morgan fingerprint density at radius 1 is 1.12 bits per heavy atom. The fraction of sp³-hybridized carbons (Fsp3) is 0.250. The monoisotopic (exact) mass is 381 g/mol. The highest BCUT2D eigenvalue weighted by Crippen LogP contribution is 2.33. The average Bonchev–Trinajstić information content (AvgIpc) is 2.85. The summed E-state index contributed by atoms with van der Waals surface area (Å²) in [6.07, 6.45) is 0. The van der Waals surface area contributed by atoms with E-state index >= 15 is 0 Å². The molecule has 2 aromatic heterocycles. The van der Waals surface area contributed by atoms with E-state index in [0.29, 0.717) is 50.9 Å². The van der Waals surface area contributed by atoms with Crippen molar-refractivity contribution in [1.82, 2.24) is 14.5 Å². The van der Waals surface area contributed by atoms with E-state index < -0.39 is 0 Å². The van der Waals surface area contributed by atoms with Gasteiger partial charge < -0.3 is 25.1 Å². The van der Waals surface area contributed by atoms with Gasteiger partial charge in [0, 0.05) is 24.2 Å². The molecule has 0 unspecified atom stereocenters. The third kappa shape index (κ3) is 3.25. The van der Waals surface area contributed by atoms with Crippen LogP contribution in [0, 0.1) is 0 Å². The molecule has 0 radical (unpaired) electrons. The summed E-state index contributed by atoms with van der Waals surface area (Å²) in [6, 6.07) is 5.30. The normalized spacial score (nSPS) is 10.9. The lowest BCUT2D eigenvalue weighted by Crippen LogP contribution is -2.08. The maximum Gasteiger partial charge on any atom is 0.225 e. The number of nitrogens with zero attached hydrogens (tertiary/aromatic N) is 3. The number of anilines is 2. The highest BCUT2D eigenvalue weighted by Gasteiger charge is 2.13. The van der Waals surface area contributed by atoms with Crippen LogP contribution in [-0.2, 0) is 13.6 Å². The largest absolute Gasteiger partial charge is 0.493 e. The summed E-state index contributed by atoms with van der Waals surface area (Å²) < 4.78 is 12.4. The SMILES string of the molecule is COc1cc2nc(NCc3cc(Cl)c(Cl)n3C)nc(N)c2cc1OC. The second-order valence-corrected chi connectivity index (χ2v) is 6.11. The minimum Gasteiger partial charge on any atom is -0.493 e. The minimum absolute atomic E-state index is 0.344. The van der Waals surface area contributed by atoms with Gasteiger partial charge in [-0.25, -0.2) is 4.98 Å². The molecule has 0 atom stereocenters. The quantitative estimate of drug-likeness (QED) is 0.703. The van der Waals surface area contributed by atoms with Crippen molar-refractivity contribution >= 4 is 45.9 Å². The molecule has 3 aromatic rings. The first-order valence-corrected chi connectivity index (χ1v) is 8.13. The van der Waals surface area contributed by atoms with Gasteiger partial charge >= 0.3 is 0 Å². The molecule has 25 heavy (non-hydrogen) atoms. The van der Waals surface area contributed by atoms with E-state index in [0.717, 1.165) is 5.69 Å². The fourth-order valence-corrected chi connectivity index (χ4v) is 2.90. The Morgan fingerprint density at radius 3 is 2.40 bits per heavy atom. The molecule has 0 bridgehead atoms. The van der Waals surface area contributed by atoms with Crippen LogP contribution in [-0.4, -0.2) is 28.8 Å². The van der Waals surface area contributed by atoms with Crippen molar-refractivity contribution in [3.63, 3.8) is 0 Å². The van der Waals surface area contributed by atoms with Crippen LogP contribution in [0.15, 0.2) is 18.2 Å². The zero-order chi connectivity index (χ0) is 18.1. The average molecular weight is 382 g/mol. The predicted octanol–water partition coefficient (Wildman–Crippen LogP) is 3.49. The Balaban J connectivity index is 1.93. The van der Waals surface area contributed by atoms with Crippen LogP contribution >= 0.6 is 23.2 Å². The Morgan fingerprint density at radius 2 is 1.80 bits per heavy atom. The molecular weight excluding hydrogens is 365 g/mol. The first-order valence-electron chi connectivity index (χ1n) is 7.37. The van der Waals surface area contributed by atoms with Crippen LogP contribution in [0.5, 0.6) is 11.5 Å². The van der Waals surface area contributed by atoms with Crippen molar-refractivity contribution in [2.24, 2.45) is 7.05 Å². The Bertz CT molecular complexity index is 942. The van der Waals surface area contributed by atoms with Crippen molar-refractivity contribution in [3.05, 3.63) is 34.1 Å². The molecule has 7 nitrogen and oxygen atoms in total.